The average molecular weight is 361 g/mol. The lowest BCUT2D eigenvalue weighted by Gasteiger charge is -2.14. The van der Waals surface area contributed by atoms with E-state index in [9.17, 15) is 8.42 Å². The topological polar surface area (TPSA) is 114 Å². The molecule has 3 aromatic rings. The van der Waals surface area contributed by atoms with Crippen molar-refractivity contribution in [2.24, 2.45) is 0 Å². The average Bonchev–Trinajstić information content (AvgIpc) is 3.10. The van der Waals surface area contributed by atoms with E-state index in [1.165, 1.54) is 0 Å². The Balaban J connectivity index is 2.03. The molecule has 3 heterocycles. The fraction of sp³-hybridized carbons (Fsp3) is 0.312. The predicted octanol–water partition coefficient (Wildman–Crippen LogP) is 2.42. The Morgan fingerprint density at radius 3 is 2.52 bits per heavy atom. The third-order valence-electron chi connectivity index (χ3n) is 3.79. The minimum absolute atomic E-state index is 0.108. The molecule has 0 spiro atoms. The van der Waals surface area contributed by atoms with Crippen molar-refractivity contribution < 1.29 is 12.8 Å². The number of pyridine rings is 1. The number of H-pyrrole nitrogens is 1. The molecule has 3 aromatic heterocycles. The van der Waals surface area contributed by atoms with Crippen LogP contribution in [0.15, 0.2) is 33.7 Å². The van der Waals surface area contributed by atoms with E-state index in [4.69, 9.17) is 4.42 Å². The maximum atomic E-state index is 13.0. The van der Waals surface area contributed by atoms with E-state index in [1.807, 2.05) is 6.07 Å². The van der Waals surface area contributed by atoms with Crippen LogP contribution in [0.3, 0.4) is 0 Å². The third-order valence-corrected chi connectivity index (χ3v) is 5.50. The van der Waals surface area contributed by atoms with Gasteiger partial charge in [-0.15, -0.1) is 10.2 Å². The number of aryl methyl sites for hydroxylation is 3. The second-order valence-electron chi connectivity index (χ2n) is 5.80. The summed E-state index contributed by atoms with van der Waals surface area (Å²) in [5.74, 6) is 0.539. The van der Waals surface area contributed by atoms with Crippen molar-refractivity contribution in [2.75, 3.05) is 0 Å². The van der Waals surface area contributed by atoms with Gasteiger partial charge in [0.2, 0.25) is 15.9 Å². The summed E-state index contributed by atoms with van der Waals surface area (Å²) >= 11 is 0. The predicted molar refractivity (Wildman–Crippen MR) is 91.3 cm³/mol. The summed E-state index contributed by atoms with van der Waals surface area (Å²) in [6.07, 6.45) is 1.62. The molecule has 0 aromatic carbocycles. The number of rotatable bonds is 5. The Morgan fingerprint density at radius 2 is 1.92 bits per heavy atom. The second kappa shape index (κ2) is 6.41. The Kier molecular flexibility index (Phi) is 4.44. The molecule has 0 fully saturated rings. The Bertz CT molecular complexity index is 992. The van der Waals surface area contributed by atoms with Gasteiger partial charge in [0.25, 0.3) is 5.89 Å². The minimum Gasteiger partial charge on any atom is -0.421 e. The highest BCUT2D eigenvalue weighted by Gasteiger charge is 2.30. The number of nitrogens with zero attached hydrogens (tertiary/aromatic N) is 3. The van der Waals surface area contributed by atoms with Gasteiger partial charge in [-0.1, -0.05) is 6.07 Å². The van der Waals surface area contributed by atoms with Crippen LogP contribution in [0.2, 0.25) is 0 Å². The van der Waals surface area contributed by atoms with Crippen molar-refractivity contribution in [1.82, 2.24) is 24.9 Å². The molecule has 0 radical (unpaired) electrons. The molecule has 8 nitrogen and oxygen atoms in total. The largest absolute Gasteiger partial charge is 0.421 e. The molecular weight excluding hydrogens is 342 g/mol. The molecule has 0 aliphatic carbocycles. The molecule has 0 unspecified atom stereocenters. The van der Waals surface area contributed by atoms with Crippen molar-refractivity contribution >= 4 is 10.0 Å². The van der Waals surface area contributed by atoms with Crippen molar-refractivity contribution in [3.63, 3.8) is 0 Å². The highest BCUT2D eigenvalue weighted by Crippen LogP contribution is 2.33. The van der Waals surface area contributed by atoms with Gasteiger partial charge < -0.3 is 9.40 Å². The van der Waals surface area contributed by atoms with E-state index in [0.717, 1.165) is 0 Å². The summed E-state index contributed by atoms with van der Waals surface area (Å²) in [4.78, 5) is 7.34. The zero-order chi connectivity index (χ0) is 18.2. The van der Waals surface area contributed by atoms with Crippen molar-refractivity contribution in [2.45, 2.75) is 38.6 Å². The van der Waals surface area contributed by atoms with Crippen LogP contribution in [0.1, 0.15) is 35.9 Å². The summed E-state index contributed by atoms with van der Waals surface area (Å²) in [7, 11) is -3.84. The monoisotopic (exact) mass is 361 g/mol. The van der Waals surface area contributed by atoms with Gasteiger partial charge in [-0.2, -0.15) is 0 Å². The van der Waals surface area contributed by atoms with E-state index >= 15 is 0 Å². The van der Waals surface area contributed by atoms with Crippen molar-refractivity contribution in [1.29, 1.82) is 0 Å². The molecule has 1 atom stereocenters. The fourth-order valence-corrected chi connectivity index (χ4v) is 4.40. The molecule has 0 saturated carbocycles. The lowest BCUT2D eigenvalue weighted by atomic mass is 10.2. The maximum Gasteiger partial charge on any atom is 0.250 e. The SMILES string of the molecule is Cc1nnc(-c2c(C)[nH]c(C)c2S(=O)(=O)N[C@H](C)c2ccccn2)o1. The van der Waals surface area contributed by atoms with Crippen LogP contribution in [-0.2, 0) is 10.0 Å². The first-order valence-corrected chi connectivity index (χ1v) is 9.21. The molecule has 0 saturated heterocycles. The van der Waals surface area contributed by atoms with Crippen LogP contribution in [-0.4, -0.2) is 28.6 Å². The fourth-order valence-electron chi connectivity index (χ4n) is 2.73. The Hall–Kier alpha value is -2.52. The Morgan fingerprint density at radius 1 is 1.16 bits per heavy atom. The van der Waals surface area contributed by atoms with Gasteiger partial charge in [-0.3, -0.25) is 4.98 Å². The summed E-state index contributed by atoms with van der Waals surface area (Å²) < 4.78 is 34.1. The first kappa shape index (κ1) is 17.3. The Labute approximate surface area is 145 Å². The number of sulfonamides is 1. The molecule has 0 aliphatic heterocycles. The summed E-state index contributed by atoms with van der Waals surface area (Å²) in [5.41, 5.74) is 2.17. The molecule has 132 valence electrons. The van der Waals surface area contributed by atoms with Crippen LogP contribution in [0.5, 0.6) is 0 Å². The van der Waals surface area contributed by atoms with Crippen LogP contribution < -0.4 is 4.72 Å². The van der Waals surface area contributed by atoms with Gasteiger partial charge in [-0.25, -0.2) is 13.1 Å². The molecule has 0 bridgehead atoms. The minimum atomic E-state index is -3.84. The standard InChI is InChI=1S/C16H19N5O3S/c1-9(13-7-5-6-8-17-13)21-25(22,23)15-11(3)18-10(2)14(15)16-20-19-12(4)24-16/h5-9,18,21H,1-4H3/t9-/m1/s1. The first-order chi connectivity index (χ1) is 11.8. The molecular formula is C16H19N5O3S. The first-order valence-electron chi connectivity index (χ1n) is 7.72. The molecule has 2 N–H and O–H groups in total. The van der Waals surface area contributed by atoms with Crippen LogP contribution >= 0.6 is 0 Å². The van der Waals surface area contributed by atoms with E-state index < -0.39 is 16.1 Å². The van der Waals surface area contributed by atoms with Crippen molar-refractivity contribution in [3.05, 3.63) is 47.4 Å². The summed E-state index contributed by atoms with van der Waals surface area (Å²) in [5, 5.41) is 7.75. The van der Waals surface area contributed by atoms with E-state index in [-0.39, 0.29) is 10.8 Å². The van der Waals surface area contributed by atoms with Gasteiger partial charge >= 0.3 is 0 Å². The zero-order valence-corrected chi connectivity index (χ0v) is 15.2. The molecule has 9 heteroatoms. The maximum absolute atomic E-state index is 13.0. The lowest BCUT2D eigenvalue weighted by molar-refractivity contribution is 0.529. The third kappa shape index (κ3) is 3.33. The van der Waals surface area contributed by atoms with Crippen LogP contribution in [0.25, 0.3) is 11.5 Å². The normalized spacial score (nSPS) is 13.1. The summed E-state index contributed by atoms with van der Waals surface area (Å²) in [6.45, 7) is 6.86. The number of hydrogen-bond donors (Lipinski definition) is 2. The smallest absolute Gasteiger partial charge is 0.250 e. The quantitative estimate of drug-likeness (QED) is 0.721. The number of aromatic amines is 1. The van der Waals surface area contributed by atoms with Crippen molar-refractivity contribution in [3.8, 4) is 11.5 Å². The van der Waals surface area contributed by atoms with Gasteiger partial charge in [0.15, 0.2) is 0 Å². The zero-order valence-electron chi connectivity index (χ0n) is 14.4. The highest BCUT2D eigenvalue weighted by molar-refractivity contribution is 7.89. The lowest BCUT2D eigenvalue weighted by Crippen LogP contribution is -2.28. The van der Waals surface area contributed by atoms with Gasteiger partial charge in [-0.05, 0) is 32.9 Å². The summed E-state index contributed by atoms with van der Waals surface area (Å²) in [6, 6.07) is 4.87. The van der Waals surface area contributed by atoms with Gasteiger partial charge in [0.05, 0.1) is 17.3 Å². The second-order valence-corrected chi connectivity index (χ2v) is 7.45. The van der Waals surface area contributed by atoms with E-state index in [0.29, 0.717) is 28.5 Å². The van der Waals surface area contributed by atoms with E-state index in [1.54, 1.807) is 46.0 Å². The number of hydrogen-bond acceptors (Lipinski definition) is 6. The molecule has 25 heavy (non-hydrogen) atoms. The molecule has 3 rings (SSSR count). The molecule has 0 aliphatic rings. The number of aromatic nitrogens is 4. The van der Waals surface area contributed by atoms with Gasteiger partial charge in [0, 0.05) is 24.5 Å². The number of nitrogens with one attached hydrogen (secondary N) is 2. The highest BCUT2D eigenvalue weighted by atomic mass is 32.2. The van der Waals surface area contributed by atoms with Crippen LogP contribution in [0, 0.1) is 20.8 Å². The van der Waals surface area contributed by atoms with E-state index in [2.05, 4.69) is 24.9 Å². The molecule has 0 amide bonds. The van der Waals surface area contributed by atoms with Gasteiger partial charge in [0.1, 0.15) is 4.90 Å². The van der Waals surface area contributed by atoms with Crippen LogP contribution in [0.4, 0.5) is 0 Å².